The lowest BCUT2D eigenvalue weighted by atomic mass is 10.1. The summed E-state index contributed by atoms with van der Waals surface area (Å²) in [6, 6.07) is 3.55. The van der Waals surface area contributed by atoms with Gasteiger partial charge in [0.15, 0.2) is 11.6 Å². The normalized spacial score (nSPS) is 16.4. The Hall–Kier alpha value is -2.86. The fourth-order valence-electron chi connectivity index (χ4n) is 3.41. The van der Waals surface area contributed by atoms with E-state index in [1.165, 1.54) is 6.92 Å². The number of aromatic nitrogens is 5. The van der Waals surface area contributed by atoms with E-state index < -0.39 is 21.1 Å². The van der Waals surface area contributed by atoms with Crippen LogP contribution in [-0.4, -0.2) is 51.6 Å². The number of anilines is 1. The van der Waals surface area contributed by atoms with E-state index in [9.17, 15) is 12.8 Å². The number of hydrogen-bond donors (Lipinski definition) is 1. The SMILES string of the molecule is Cc1ccc(-c2nnc(NS(=O)(=O)C(C)Cc3ncc(F)cn3)n2C2CCOCC2)o1. The number of sulfonamides is 1. The van der Waals surface area contributed by atoms with E-state index in [1.54, 1.807) is 10.6 Å². The Bertz CT molecular complexity index is 1140. The van der Waals surface area contributed by atoms with Crippen molar-refractivity contribution in [2.24, 2.45) is 0 Å². The van der Waals surface area contributed by atoms with Crippen molar-refractivity contribution < 1.29 is 22.0 Å². The number of nitrogens with zero attached hydrogens (tertiary/aromatic N) is 5. The molecule has 3 aromatic rings. The summed E-state index contributed by atoms with van der Waals surface area (Å²) in [5.41, 5.74) is 0. The first-order valence-electron chi connectivity index (χ1n) is 9.91. The molecule has 3 aromatic heterocycles. The van der Waals surface area contributed by atoms with Gasteiger partial charge in [-0.3, -0.25) is 9.29 Å². The van der Waals surface area contributed by atoms with Crippen molar-refractivity contribution >= 4 is 16.0 Å². The molecule has 1 aliphatic rings. The van der Waals surface area contributed by atoms with Gasteiger partial charge in [0.05, 0.1) is 17.6 Å². The molecule has 166 valence electrons. The second kappa shape index (κ2) is 8.71. The van der Waals surface area contributed by atoms with E-state index in [0.717, 1.165) is 12.4 Å². The van der Waals surface area contributed by atoms with Gasteiger partial charge in [-0.05, 0) is 38.8 Å². The van der Waals surface area contributed by atoms with Gasteiger partial charge in [-0.15, -0.1) is 10.2 Å². The Kier molecular flexibility index (Phi) is 6.01. The molecule has 31 heavy (non-hydrogen) atoms. The Labute approximate surface area is 178 Å². The standard InChI is InChI=1S/C19H23FN6O4S/c1-12-3-4-16(30-12)18-23-24-19(26(18)15-5-7-29-8-6-15)25-31(27,28)13(2)9-17-21-10-14(20)11-22-17/h3-4,10-11,13,15H,5-9H2,1-2H3,(H,24,25). The number of halogens is 1. The maximum absolute atomic E-state index is 13.0. The minimum absolute atomic E-state index is 0.0191. The molecule has 1 saturated heterocycles. The largest absolute Gasteiger partial charge is 0.458 e. The minimum atomic E-state index is -3.86. The minimum Gasteiger partial charge on any atom is -0.458 e. The number of furan rings is 1. The Morgan fingerprint density at radius 2 is 1.94 bits per heavy atom. The topological polar surface area (TPSA) is 125 Å². The van der Waals surface area contributed by atoms with E-state index >= 15 is 0 Å². The van der Waals surface area contributed by atoms with Crippen molar-refractivity contribution in [3.63, 3.8) is 0 Å². The van der Waals surface area contributed by atoms with Crippen LogP contribution in [-0.2, 0) is 21.2 Å². The Morgan fingerprint density at radius 1 is 1.23 bits per heavy atom. The molecule has 1 atom stereocenters. The number of ether oxygens (including phenoxy) is 1. The molecule has 12 heteroatoms. The molecule has 4 heterocycles. The molecule has 0 radical (unpaired) electrons. The number of hydrogen-bond acceptors (Lipinski definition) is 8. The first kappa shape index (κ1) is 21.4. The lowest BCUT2D eigenvalue weighted by Gasteiger charge is -2.26. The summed E-state index contributed by atoms with van der Waals surface area (Å²) in [7, 11) is -3.86. The van der Waals surface area contributed by atoms with Gasteiger partial charge in [0.25, 0.3) is 0 Å². The van der Waals surface area contributed by atoms with E-state index in [2.05, 4.69) is 24.9 Å². The van der Waals surface area contributed by atoms with Crippen LogP contribution in [0.25, 0.3) is 11.6 Å². The first-order valence-corrected chi connectivity index (χ1v) is 11.5. The summed E-state index contributed by atoms with van der Waals surface area (Å²) < 4.78 is 54.5. The number of aryl methyl sites for hydroxylation is 1. The van der Waals surface area contributed by atoms with Gasteiger partial charge in [0.2, 0.25) is 21.8 Å². The summed E-state index contributed by atoms with van der Waals surface area (Å²) in [6.45, 7) is 4.47. The van der Waals surface area contributed by atoms with Crippen molar-refractivity contribution in [2.75, 3.05) is 17.9 Å². The van der Waals surface area contributed by atoms with Crippen LogP contribution in [0.15, 0.2) is 28.9 Å². The molecule has 0 amide bonds. The summed E-state index contributed by atoms with van der Waals surface area (Å²) in [6.07, 6.45) is 3.42. The molecular formula is C19H23FN6O4S. The van der Waals surface area contributed by atoms with Crippen LogP contribution in [0.3, 0.4) is 0 Å². The average Bonchev–Trinajstić information content (AvgIpc) is 3.36. The van der Waals surface area contributed by atoms with Crippen LogP contribution in [0.4, 0.5) is 10.3 Å². The highest BCUT2D eigenvalue weighted by Crippen LogP contribution is 2.32. The van der Waals surface area contributed by atoms with Gasteiger partial charge in [0.1, 0.15) is 11.6 Å². The highest BCUT2D eigenvalue weighted by atomic mass is 32.2. The molecular weight excluding hydrogens is 427 g/mol. The van der Waals surface area contributed by atoms with Crippen molar-refractivity contribution in [2.45, 2.75) is 44.4 Å². The molecule has 1 unspecified atom stereocenters. The summed E-state index contributed by atoms with van der Waals surface area (Å²) in [5.74, 6) is 1.44. The second-order valence-corrected chi connectivity index (χ2v) is 9.55. The molecule has 4 rings (SSSR count). The molecule has 0 aliphatic carbocycles. The van der Waals surface area contributed by atoms with Gasteiger partial charge >= 0.3 is 0 Å². The Morgan fingerprint density at radius 3 is 2.58 bits per heavy atom. The third kappa shape index (κ3) is 4.74. The zero-order valence-corrected chi connectivity index (χ0v) is 18.0. The highest BCUT2D eigenvalue weighted by Gasteiger charge is 2.30. The zero-order valence-electron chi connectivity index (χ0n) is 17.2. The third-order valence-corrected chi connectivity index (χ3v) is 6.81. The van der Waals surface area contributed by atoms with E-state index in [0.29, 0.717) is 43.4 Å². The van der Waals surface area contributed by atoms with Crippen LogP contribution in [0.2, 0.25) is 0 Å². The summed E-state index contributed by atoms with van der Waals surface area (Å²) in [5, 5.41) is 7.42. The number of nitrogens with one attached hydrogen (secondary N) is 1. The van der Waals surface area contributed by atoms with Crippen molar-refractivity contribution in [1.29, 1.82) is 0 Å². The first-order chi connectivity index (χ1) is 14.8. The molecule has 0 bridgehead atoms. The van der Waals surface area contributed by atoms with Crippen LogP contribution < -0.4 is 4.72 Å². The third-order valence-electron chi connectivity index (χ3n) is 5.12. The smallest absolute Gasteiger partial charge is 0.238 e. The maximum atomic E-state index is 13.0. The van der Waals surface area contributed by atoms with Crippen molar-refractivity contribution in [3.05, 3.63) is 41.9 Å². The molecule has 1 aliphatic heterocycles. The molecule has 0 aromatic carbocycles. The van der Waals surface area contributed by atoms with Crippen LogP contribution in [0.1, 0.15) is 37.4 Å². The highest BCUT2D eigenvalue weighted by molar-refractivity contribution is 7.93. The van der Waals surface area contributed by atoms with E-state index in [-0.39, 0.29) is 24.2 Å². The fourth-order valence-corrected chi connectivity index (χ4v) is 4.38. The van der Waals surface area contributed by atoms with Crippen LogP contribution >= 0.6 is 0 Å². The van der Waals surface area contributed by atoms with Gasteiger partial charge in [-0.2, -0.15) is 0 Å². The van der Waals surface area contributed by atoms with Gasteiger partial charge in [-0.1, -0.05) is 0 Å². The number of rotatable bonds is 7. The van der Waals surface area contributed by atoms with Crippen molar-refractivity contribution in [3.8, 4) is 11.6 Å². The molecule has 1 fully saturated rings. The van der Waals surface area contributed by atoms with Gasteiger partial charge in [0, 0.05) is 25.7 Å². The van der Waals surface area contributed by atoms with Gasteiger partial charge in [-0.25, -0.2) is 22.8 Å². The predicted octanol–water partition coefficient (Wildman–Crippen LogP) is 2.50. The van der Waals surface area contributed by atoms with Crippen LogP contribution in [0, 0.1) is 12.7 Å². The Balaban J connectivity index is 1.62. The molecule has 1 N–H and O–H groups in total. The average molecular weight is 450 g/mol. The summed E-state index contributed by atoms with van der Waals surface area (Å²) >= 11 is 0. The lowest BCUT2D eigenvalue weighted by molar-refractivity contribution is 0.0703. The van der Waals surface area contributed by atoms with E-state index in [4.69, 9.17) is 9.15 Å². The lowest BCUT2D eigenvalue weighted by Crippen LogP contribution is -2.30. The molecule has 10 nitrogen and oxygen atoms in total. The molecule has 0 saturated carbocycles. The monoisotopic (exact) mass is 450 g/mol. The maximum Gasteiger partial charge on any atom is 0.238 e. The van der Waals surface area contributed by atoms with Crippen LogP contribution in [0.5, 0.6) is 0 Å². The predicted molar refractivity (Wildman–Crippen MR) is 109 cm³/mol. The van der Waals surface area contributed by atoms with Gasteiger partial charge < -0.3 is 9.15 Å². The fraction of sp³-hybridized carbons (Fsp3) is 0.474. The van der Waals surface area contributed by atoms with Crippen molar-refractivity contribution in [1.82, 2.24) is 24.7 Å². The molecule has 0 spiro atoms. The second-order valence-electron chi connectivity index (χ2n) is 7.45. The zero-order chi connectivity index (χ0) is 22.0. The quantitative estimate of drug-likeness (QED) is 0.582. The summed E-state index contributed by atoms with van der Waals surface area (Å²) in [4.78, 5) is 7.68. The van der Waals surface area contributed by atoms with E-state index in [1.807, 2.05) is 13.0 Å².